The Morgan fingerprint density at radius 2 is 1.85 bits per heavy atom. The van der Waals surface area contributed by atoms with Crippen molar-refractivity contribution >= 4 is 28.3 Å². The van der Waals surface area contributed by atoms with E-state index in [4.69, 9.17) is 4.74 Å². The van der Waals surface area contributed by atoms with Gasteiger partial charge in [0.15, 0.2) is 5.13 Å². The molecule has 0 radical (unpaired) electrons. The van der Waals surface area contributed by atoms with E-state index in [-0.39, 0.29) is 17.7 Å². The molecule has 1 atom stereocenters. The van der Waals surface area contributed by atoms with Gasteiger partial charge in [-0.3, -0.25) is 9.59 Å². The molecular weight excluding hydrogens is 434 g/mol. The van der Waals surface area contributed by atoms with Gasteiger partial charge >= 0.3 is 0 Å². The molecule has 0 aliphatic carbocycles. The number of thiazole rings is 1. The Hall–Kier alpha value is -3.19. The highest BCUT2D eigenvalue weighted by molar-refractivity contribution is 7.16. The summed E-state index contributed by atoms with van der Waals surface area (Å²) in [6.07, 6.45) is 0.922. The van der Waals surface area contributed by atoms with Crippen LogP contribution in [-0.2, 0) is 22.6 Å². The molecule has 1 aliphatic rings. The molecule has 172 valence electrons. The monoisotopic (exact) mass is 463 g/mol. The van der Waals surface area contributed by atoms with Gasteiger partial charge in [0.05, 0.1) is 12.8 Å². The fourth-order valence-corrected chi connectivity index (χ4v) is 4.98. The molecule has 2 heterocycles. The Morgan fingerprint density at radius 3 is 2.52 bits per heavy atom. The lowest BCUT2D eigenvalue weighted by Crippen LogP contribution is -2.50. The molecule has 0 fully saturated rings. The van der Waals surface area contributed by atoms with E-state index in [0.717, 1.165) is 33.0 Å². The van der Waals surface area contributed by atoms with E-state index in [1.54, 1.807) is 12.0 Å². The van der Waals surface area contributed by atoms with Crippen LogP contribution in [0.5, 0.6) is 5.75 Å². The van der Waals surface area contributed by atoms with Gasteiger partial charge in [-0.25, -0.2) is 4.98 Å². The Morgan fingerprint density at radius 1 is 1.15 bits per heavy atom. The summed E-state index contributed by atoms with van der Waals surface area (Å²) >= 11 is 1.44. The first kappa shape index (κ1) is 23.0. The fourth-order valence-electron chi connectivity index (χ4n) is 4.14. The first-order valence-electron chi connectivity index (χ1n) is 11.1. The van der Waals surface area contributed by atoms with Crippen LogP contribution in [0.1, 0.15) is 36.3 Å². The quantitative estimate of drug-likeness (QED) is 0.554. The fraction of sp³-hybridized carbons (Fsp3) is 0.346. The third kappa shape index (κ3) is 5.09. The van der Waals surface area contributed by atoms with Gasteiger partial charge in [-0.2, -0.15) is 0 Å². The number of anilines is 1. The molecule has 1 aromatic heterocycles. The summed E-state index contributed by atoms with van der Waals surface area (Å²) in [5.41, 5.74) is 4.01. The van der Waals surface area contributed by atoms with Crippen molar-refractivity contribution in [3.05, 3.63) is 64.5 Å². The normalized spacial score (nSPS) is 15.3. The maximum absolute atomic E-state index is 13.4. The summed E-state index contributed by atoms with van der Waals surface area (Å²) in [6.45, 7) is 6.48. The highest BCUT2D eigenvalue weighted by Crippen LogP contribution is 2.32. The summed E-state index contributed by atoms with van der Waals surface area (Å²) in [6, 6.07) is 15.2. The lowest BCUT2D eigenvalue weighted by molar-refractivity contribution is -0.140. The van der Waals surface area contributed by atoms with E-state index < -0.39 is 6.04 Å². The Kier molecular flexibility index (Phi) is 6.79. The van der Waals surface area contributed by atoms with Crippen molar-refractivity contribution < 1.29 is 14.3 Å². The number of amides is 2. The summed E-state index contributed by atoms with van der Waals surface area (Å²) in [5, 5.41) is 3.52. The van der Waals surface area contributed by atoms with Gasteiger partial charge in [0.1, 0.15) is 11.8 Å². The largest absolute Gasteiger partial charge is 0.497 e. The number of carbonyl (C=O) groups is 2. The van der Waals surface area contributed by atoms with Crippen LogP contribution < -0.4 is 10.1 Å². The van der Waals surface area contributed by atoms with Crippen molar-refractivity contribution in [2.24, 2.45) is 5.92 Å². The molecule has 1 N–H and O–H groups in total. The molecule has 0 bridgehead atoms. The van der Waals surface area contributed by atoms with E-state index >= 15 is 0 Å². The van der Waals surface area contributed by atoms with E-state index in [1.165, 1.54) is 11.3 Å². The maximum atomic E-state index is 13.4. The van der Waals surface area contributed by atoms with Gasteiger partial charge in [-0.05, 0) is 48.2 Å². The number of hydrogen-bond acceptors (Lipinski definition) is 5. The molecule has 4 rings (SSSR count). The third-order valence-electron chi connectivity index (χ3n) is 5.84. The van der Waals surface area contributed by atoms with Crippen molar-refractivity contribution in [3.63, 3.8) is 0 Å². The van der Waals surface area contributed by atoms with Crippen molar-refractivity contribution in [2.75, 3.05) is 12.4 Å². The minimum Gasteiger partial charge on any atom is -0.497 e. The SMILES string of the molecule is COc1ccc(-c2nc(NC(=O)C3Cc4ccccc4CN3C(=O)CC(C)C)sc2C)cc1. The van der Waals surface area contributed by atoms with Crippen molar-refractivity contribution in [3.8, 4) is 17.0 Å². The van der Waals surface area contributed by atoms with Crippen LogP contribution in [0.2, 0.25) is 0 Å². The predicted octanol–water partition coefficient (Wildman–Crippen LogP) is 5.07. The molecule has 2 aromatic carbocycles. The number of methoxy groups -OCH3 is 1. The van der Waals surface area contributed by atoms with Crippen LogP contribution in [0.4, 0.5) is 5.13 Å². The predicted molar refractivity (Wildman–Crippen MR) is 131 cm³/mol. The van der Waals surface area contributed by atoms with Crippen LogP contribution >= 0.6 is 11.3 Å². The molecule has 1 unspecified atom stereocenters. The number of aromatic nitrogens is 1. The van der Waals surface area contributed by atoms with Crippen LogP contribution in [0.25, 0.3) is 11.3 Å². The minimum atomic E-state index is -0.556. The van der Waals surface area contributed by atoms with Crippen molar-refractivity contribution in [1.82, 2.24) is 9.88 Å². The molecule has 2 amide bonds. The minimum absolute atomic E-state index is 0.00824. The van der Waals surface area contributed by atoms with Gasteiger partial charge in [-0.1, -0.05) is 38.1 Å². The number of aryl methyl sites for hydroxylation is 1. The number of hydrogen-bond donors (Lipinski definition) is 1. The van der Waals surface area contributed by atoms with Gasteiger partial charge in [0.2, 0.25) is 11.8 Å². The van der Waals surface area contributed by atoms with Gasteiger partial charge in [0, 0.05) is 29.8 Å². The molecule has 0 spiro atoms. The van der Waals surface area contributed by atoms with Crippen LogP contribution in [0.3, 0.4) is 0 Å². The van der Waals surface area contributed by atoms with Gasteiger partial charge in [0.25, 0.3) is 0 Å². The first-order valence-corrected chi connectivity index (χ1v) is 12.0. The second kappa shape index (κ2) is 9.75. The van der Waals surface area contributed by atoms with E-state index in [0.29, 0.717) is 24.5 Å². The van der Waals surface area contributed by atoms with E-state index in [9.17, 15) is 9.59 Å². The van der Waals surface area contributed by atoms with Gasteiger partial charge in [-0.15, -0.1) is 11.3 Å². The summed E-state index contributed by atoms with van der Waals surface area (Å²) in [7, 11) is 1.63. The highest BCUT2D eigenvalue weighted by atomic mass is 32.1. The van der Waals surface area contributed by atoms with Crippen LogP contribution in [0, 0.1) is 12.8 Å². The Balaban J connectivity index is 1.56. The molecule has 33 heavy (non-hydrogen) atoms. The van der Waals surface area contributed by atoms with E-state index in [2.05, 4.69) is 10.3 Å². The molecular formula is C26H29N3O3S. The van der Waals surface area contributed by atoms with Crippen LogP contribution in [0.15, 0.2) is 48.5 Å². The highest BCUT2D eigenvalue weighted by Gasteiger charge is 2.35. The molecule has 0 saturated carbocycles. The Labute approximate surface area is 198 Å². The molecule has 7 heteroatoms. The van der Waals surface area contributed by atoms with Crippen molar-refractivity contribution in [2.45, 2.75) is 46.2 Å². The third-order valence-corrected chi connectivity index (χ3v) is 6.73. The molecule has 6 nitrogen and oxygen atoms in total. The van der Waals surface area contributed by atoms with Crippen molar-refractivity contribution in [1.29, 1.82) is 0 Å². The molecule has 0 saturated heterocycles. The second-order valence-corrected chi connectivity index (χ2v) is 9.95. The summed E-state index contributed by atoms with van der Waals surface area (Å²) < 4.78 is 5.23. The Bertz CT molecular complexity index is 1150. The number of carbonyl (C=O) groups excluding carboxylic acids is 2. The average Bonchev–Trinajstić information content (AvgIpc) is 3.17. The maximum Gasteiger partial charge on any atom is 0.249 e. The number of nitrogens with one attached hydrogen (secondary N) is 1. The molecule has 3 aromatic rings. The lowest BCUT2D eigenvalue weighted by Gasteiger charge is -2.36. The number of ether oxygens (including phenoxy) is 1. The van der Waals surface area contributed by atoms with E-state index in [1.807, 2.05) is 69.3 Å². The number of nitrogens with zero attached hydrogens (tertiary/aromatic N) is 2. The number of rotatable bonds is 6. The zero-order valence-electron chi connectivity index (χ0n) is 19.4. The summed E-state index contributed by atoms with van der Waals surface area (Å²) in [4.78, 5) is 33.8. The van der Waals surface area contributed by atoms with Gasteiger partial charge < -0.3 is 15.0 Å². The number of fused-ring (bicyclic) bond motifs is 1. The summed E-state index contributed by atoms with van der Waals surface area (Å²) in [5.74, 6) is 0.821. The van der Waals surface area contributed by atoms with Crippen LogP contribution in [-0.4, -0.2) is 34.8 Å². The lowest BCUT2D eigenvalue weighted by atomic mass is 9.92. The zero-order valence-corrected chi connectivity index (χ0v) is 20.2. The smallest absolute Gasteiger partial charge is 0.249 e. The topological polar surface area (TPSA) is 71.5 Å². The second-order valence-electron chi connectivity index (χ2n) is 8.75. The first-order chi connectivity index (χ1) is 15.9. The standard InChI is InChI=1S/C26H29N3O3S/c1-16(2)13-23(30)29-15-20-8-6-5-7-19(20)14-22(29)25(31)28-26-27-24(17(3)33-26)18-9-11-21(32-4)12-10-18/h5-12,16,22H,13-15H2,1-4H3,(H,27,28,31). The molecule has 1 aliphatic heterocycles. The number of benzene rings is 2. The average molecular weight is 464 g/mol. The zero-order chi connectivity index (χ0) is 23.5.